The van der Waals surface area contributed by atoms with Crippen LogP contribution < -0.4 is 5.32 Å². The molecular weight excluding hydrogens is 258 g/mol. The van der Waals surface area contributed by atoms with E-state index < -0.39 is 0 Å². The number of hydrogen-bond donors (Lipinski definition) is 2. The standard InChI is InChI=1S/C11H14BrNO2/c1-8(12)6-7-13-11(15)9-2-4-10(14)5-3-9/h2-5,8,14H,6-7H2,1H3,(H,13,15). The molecule has 0 heterocycles. The first-order chi connectivity index (χ1) is 7.09. The SMILES string of the molecule is CC(Br)CCNC(=O)c1ccc(O)cc1. The minimum absolute atomic E-state index is 0.108. The molecule has 0 aliphatic carbocycles. The van der Waals surface area contributed by atoms with Gasteiger partial charge in [-0.3, -0.25) is 4.79 Å². The predicted molar refractivity (Wildman–Crippen MR) is 63.4 cm³/mol. The van der Waals surface area contributed by atoms with E-state index in [1.54, 1.807) is 12.1 Å². The molecule has 1 aromatic rings. The van der Waals surface area contributed by atoms with Crippen LogP contribution in [-0.2, 0) is 0 Å². The van der Waals surface area contributed by atoms with Gasteiger partial charge in [-0.1, -0.05) is 22.9 Å². The Balaban J connectivity index is 2.43. The fourth-order valence-corrected chi connectivity index (χ4v) is 1.33. The second-order valence-electron chi connectivity index (χ2n) is 3.37. The highest BCUT2D eigenvalue weighted by molar-refractivity contribution is 9.09. The van der Waals surface area contributed by atoms with Crippen LogP contribution in [0.2, 0.25) is 0 Å². The Bertz CT molecular complexity index is 322. The summed E-state index contributed by atoms with van der Waals surface area (Å²) in [6, 6.07) is 6.20. The van der Waals surface area contributed by atoms with E-state index in [-0.39, 0.29) is 11.7 Å². The van der Waals surface area contributed by atoms with Gasteiger partial charge in [0.2, 0.25) is 0 Å². The van der Waals surface area contributed by atoms with Crippen LogP contribution in [0.4, 0.5) is 0 Å². The van der Waals surface area contributed by atoms with E-state index in [9.17, 15) is 4.79 Å². The van der Waals surface area contributed by atoms with Crippen LogP contribution in [0.15, 0.2) is 24.3 Å². The molecule has 1 atom stereocenters. The van der Waals surface area contributed by atoms with Crippen molar-refractivity contribution in [3.05, 3.63) is 29.8 Å². The Labute approximate surface area is 97.6 Å². The second kappa shape index (κ2) is 5.75. The number of carbonyl (C=O) groups excluding carboxylic acids is 1. The van der Waals surface area contributed by atoms with Gasteiger partial charge in [0.25, 0.3) is 5.91 Å². The van der Waals surface area contributed by atoms with Gasteiger partial charge in [0.15, 0.2) is 0 Å². The van der Waals surface area contributed by atoms with Crippen LogP contribution in [-0.4, -0.2) is 22.4 Å². The number of amides is 1. The molecule has 0 saturated heterocycles. The Kier molecular flexibility index (Phi) is 4.62. The molecule has 0 aliphatic heterocycles. The van der Waals surface area contributed by atoms with Gasteiger partial charge in [0, 0.05) is 16.9 Å². The number of phenolic OH excluding ortho intramolecular Hbond substituents is 1. The van der Waals surface area contributed by atoms with E-state index in [0.717, 1.165) is 6.42 Å². The summed E-state index contributed by atoms with van der Waals surface area (Å²) in [7, 11) is 0. The maximum absolute atomic E-state index is 11.5. The zero-order valence-corrected chi connectivity index (χ0v) is 10.1. The highest BCUT2D eigenvalue weighted by Crippen LogP contribution is 2.09. The van der Waals surface area contributed by atoms with Gasteiger partial charge >= 0.3 is 0 Å². The fraction of sp³-hybridized carbons (Fsp3) is 0.364. The highest BCUT2D eigenvalue weighted by Gasteiger charge is 2.04. The molecule has 0 aliphatic rings. The van der Waals surface area contributed by atoms with Crippen molar-refractivity contribution in [2.24, 2.45) is 0 Å². The van der Waals surface area contributed by atoms with E-state index >= 15 is 0 Å². The van der Waals surface area contributed by atoms with Crippen molar-refractivity contribution in [1.82, 2.24) is 5.32 Å². The Morgan fingerprint density at radius 2 is 2.07 bits per heavy atom. The maximum Gasteiger partial charge on any atom is 0.251 e. The van der Waals surface area contributed by atoms with Crippen molar-refractivity contribution in [1.29, 1.82) is 0 Å². The molecule has 0 fully saturated rings. The molecule has 0 saturated carbocycles. The lowest BCUT2D eigenvalue weighted by atomic mass is 10.2. The molecule has 0 bridgehead atoms. The van der Waals surface area contributed by atoms with Crippen LogP contribution in [0.5, 0.6) is 5.75 Å². The highest BCUT2D eigenvalue weighted by atomic mass is 79.9. The summed E-state index contributed by atoms with van der Waals surface area (Å²) in [4.78, 5) is 11.9. The van der Waals surface area contributed by atoms with Gasteiger partial charge in [-0.2, -0.15) is 0 Å². The number of phenols is 1. The molecule has 4 heteroatoms. The number of aromatic hydroxyl groups is 1. The summed E-state index contributed by atoms with van der Waals surface area (Å²) in [5.41, 5.74) is 0.565. The largest absolute Gasteiger partial charge is 0.508 e. The third-order valence-corrected chi connectivity index (χ3v) is 2.42. The van der Waals surface area contributed by atoms with E-state index in [2.05, 4.69) is 21.2 Å². The molecule has 1 rings (SSSR count). The summed E-state index contributed by atoms with van der Waals surface area (Å²) in [6.07, 6.45) is 0.893. The summed E-state index contributed by atoms with van der Waals surface area (Å²) in [5.74, 6) is 0.0591. The maximum atomic E-state index is 11.5. The average Bonchev–Trinajstić information content (AvgIpc) is 2.18. The van der Waals surface area contributed by atoms with E-state index in [1.165, 1.54) is 12.1 Å². The van der Waals surface area contributed by atoms with Crippen LogP contribution in [0.1, 0.15) is 23.7 Å². The van der Waals surface area contributed by atoms with Crippen molar-refractivity contribution < 1.29 is 9.90 Å². The lowest BCUT2D eigenvalue weighted by Crippen LogP contribution is -2.25. The number of benzene rings is 1. The average molecular weight is 272 g/mol. The van der Waals surface area contributed by atoms with Crippen LogP contribution in [0.3, 0.4) is 0 Å². The molecule has 15 heavy (non-hydrogen) atoms. The van der Waals surface area contributed by atoms with Gasteiger partial charge in [0.05, 0.1) is 0 Å². The van der Waals surface area contributed by atoms with Gasteiger partial charge in [-0.25, -0.2) is 0 Å². The molecule has 0 radical (unpaired) electrons. The van der Waals surface area contributed by atoms with Crippen LogP contribution in [0.25, 0.3) is 0 Å². The Morgan fingerprint density at radius 1 is 1.47 bits per heavy atom. The van der Waals surface area contributed by atoms with Crippen molar-refractivity contribution >= 4 is 21.8 Å². The summed E-state index contributed by atoms with van der Waals surface area (Å²) >= 11 is 3.41. The number of alkyl halides is 1. The normalized spacial score (nSPS) is 12.1. The Hall–Kier alpha value is -1.03. The van der Waals surface area contributed by atoms with Crippen molar-refractivity contribution in [2.75, 3.05) is 6.54 Å². The molecule has 1 unspecified atom stereocenters. The van der Waals surface area contributed by atoms with E-state index in [1.807, 2.05) is 6.92 Å². The third kappa shape index (κ3) is 4.34. The van der Waals surface area contributed by atoms with Crippen LogP contribution in [0, 0.1) is 0 Å². The minimum Gasteiger partial charge on any atom is -0.508 e. The van der Waals surface area contributed by atoms with Gasteiger partial charge in [0.1, 0.15) is 5.75 Å². The molecule has 3 nitrogen and oxygen atoms in total. The lowest BCUT2D eigenvalue weighted by Gasteiger charge is -2.06. The van der Waals surface area contributed by atoms with E-state index in [0.29, 0.717) is 16.9 Å². The molecule has 2 N–H and O–H groups in total. The molecule has 0 aromatic heterocycles. The first-order valence-electron chi connectivity index (χ1n) is 4.81. The van der Waals surface area contributed by atoms with E-state index in [4.69, 9.17) is 5.11 Å². The molecule has 82 valence electrons. The summed E-state index contributed by atoms with van der Waals surface area (Å²) in [5, 5.41) is 11.8. The van der Waals surface area contributed by atoms with Gasteiger partial charge in [-0.15, -0.1) is 0 Å². The fourth-order valence-electron chi connectivity index (χ4n) is 1.10. The number of hydrogen-bond acceptors (Lipinski definition) is 2. The topological polar surface area (TPSA) is 49.3 Å². The monoisotopic (exact) mass is 271 g/mol. The Morgan fingerprint density at radius 3 is 2.60 bits per heavy atom. The van der Waals surface area contributed by atoms with Crippen molar-refractivity contribution in [2.45, 2.75) is 18.2 Å². The van der Waals surface area contributed by atoms with Crippen LogP contribution >= 0.6 is 15.9 Å². The smallest absolute Gasteiger partial charge is 0.251 e. The first kappa shape index (κ1) is 12.0. The lowest BCUT2D eigenvalue weighted by molar-refractivity contribution is 0.0953. The third-order valence-electron chi connectivity index (χ3n) is 1.96. The number of rotatable bonds is 4. The van der Waals surface area contributed by atoms with Gasteiger partial charge in [-0.05, 0) is 30.7 Å². The number of halogens is 1. The van der Waals surface area contributed by atoms with Gasteiger partial charge < -0.3 is 10.4 Å². The quantitative estimate of drug-likeness (QED) is 0.826. The van der Waals surface area contributed by atoms with Crippen molar-refractivity contribution in [3.8, 4) is 5.75 Å². The number of carbonyl (C=O) groups is 1. The molecular formula is C11H14BrNO2. The zero-order chi connectivity index (χ0) is 11.3. The molecule has 1 amide bonds. The summed E-state index contributed by atoms with van der Waals surface area (Å²) in [6.45, 7) is 2.68. The first-order valence-corrected chi connectivity index (χ1v) is 5.72. The summed E-state index contributed by atoms with van der Waals surface area (Å²) < 4.78 is 0. The molecule has 1 aromatic carbocycles. The second-order valence-corrected chi connectivity index (χ2v) is 4.94. The van der Waals surface area contributed by atoms with Crippen molar-refractivity contribution in [3.63, 3.8) is 0 Å². The zero-order valence-electron chi connectivity index (χ0n) is 8.53. The number of nitrogens with one attached hydrogen (secondary N) is 1. The molecule has 0 spiro atoms. The predicted octanol–water partition coefficient (Wildman–Crippen LogP) is 2.30. The minimum atomic E-state index is -0.108.